The monoisotopic (exact) mass is 264 g/mol. The van der Waals surface area contributed by atoms with Gasteiger partial charge in [0.15, 0.2) is 0 Å². The van der Waals surface area contributed by atoms with E-state index in [1.54, 1.807) is 0 Å². The molecule has 1 aromatic rings. The molecule has 19 heavy (non-hydrogen) atoms. The van der Waals surface area contributed by atoms with Crippen molar-refractivity contribution in [2.75, 3.05) is 25.0 Å². The average molecular weight is 264 g/mol. The Kier molecular flexibility index (Phi) is 5.29. The normalized spacial score (nSPS) is 12.0. The third-order valence-corrected chi connectivity index (χ3v) is 2.87. The standard InChI is InChI=1S/C15H28N4/c1-11(2)14-17-12(3)10-13(18-14)19(7)9-8-16-15(4,5)6/h10-11,16H,8-9H2,1-7H3. The molecule has 0 aliphatic rings. The van der Waals surface area contributed by atoms with Crippen LogP contribution in [0.15, 0.2) is 6.07 Å². The van der Waals surface area contributed by atoms with Crippen molar-refractivity contribution in [3.63, 3.8) is 0 Å². The maximum atomic E-state index is 4.64. The second-order valence-electron chi connectivity index (χ2n) is 6.48. The first-order valence-electron chi connectivity index (χ1n) is 7.01. The average Bonchev–Trinajstić information content (AvgIpc) is 2.26. The van der Waals surface area contributed by atoms with E-state index in [0.717, 1.165) is 30.4 Å². The van der Waals surface area contributed by atoms with Gasteiger partial charge in [0.25, 0.3) is 0 Å². The summed E-state index contributed by atoms with van der Waals surface area (Å²) in [4.78, 5) is 11.3. The molecule has 4 heteroatoms. The molecule has 4 nitrogen and oxygen atoms in total. The van der Waals surface area contributed by atoms with E-state index in [9.17, 15) is 0 Å². The van der Waals surface area contributed by atoms with Gasteiger partial charge < -0.3 is 10.2 Å². The fourth-order valence-corrected chi connectivity index (χ4v) is 1.74. The van der Waals surface area contributed by atoms with Crippen LogP contribution in [0.25, 0.3) is 0 Å². The Hall–Kier alpha value is -1.16. The van der Waals surface area contributed by atoms with Crippen molar-refractivity contribution in [2.24, 2.45) is 0 Å². The number of nitrogens with one attached hydrogen (secondary N) is 1. The maximum absolute atomic E-state index is 4.64. The highest BCUT2D eigenvalue weighted by Crippen LogP contribution is 2.15. The Morgan fingerprint density at radius 2 is 1.89 bits per heavy atom. The van der Waals surface area contributed by atoms with Gasteiger partial charge >= 0.3 is 0 Å². The van der Waals surface area contributed by atoms with E-state index in [1.807, 2.05) is 13.0 Å². The predicted molar refractivity (Wildman–Crippen MR) is 81.9 cm³/mol. The van der Waals surface area contributed by atoms with Gasteiger partial charge in [-0.3, -0.25) is 0 Å². The molecule has 108 valence electrons. The molecule has 0 bridgehead atoms. The summed E-state index contributed by atoms with van der Waals surface area (Å²) in [7, 11) is 2.08. The van der Waals surface area contributed by atoms with E-state index in [4.69, 9.17) is 0 Å². The molecule has 0 radical (unpaired) electrons. The number of rotatable bonds is 5. The van der Waals surface area contributed by atoms with Gasteiger partial charge in [-0.1, -0.05) is 13.8 Å². The minimum Gasteiger partial charge on any atom is -0.358 e. The number of likely N-dealkylation sites (N-methyl/N-ethyl adjacent to an activating group) is 1. The zero-order chi connectivity index (χ0) is 14.6. The highest BCUT2D eigenvalue weighted by molar-refractivity contribution is 5.39. The number of nitrogens with zero attached hydrogens (tertiary/aromatic N) is 3. The topological polar surface area (TPSA) is 41.0 Å². The molecule has 0 saturated heterocycles. The third-order valence-electron chi connectivity index (χ3n) is 2.87. The van der Waals surface area contributed by atoms with Crippen LogP contribution >= 0.6 is 0 Å². The van der Waals surface area contributed by atoms with Gasteiger partial charge in [-0.15, -0.1) is 0 Å². The van der Waals surface area contributed by atoms with Crippen molar-refractivity contribution >= 4 is 5.82 Å². The summed E-state index contributed by atoms with van der Waals surface area (Å²) in [5, 5.41) is 3.49. The van der Waals surface area contributed by atoms with Gasteiger partial charge in [-0.25, -0.2) is 9.97 Å². The first-order chi connectivity index (χ1) is 8.69. The summed E-state index contributed by atoms with van der Waals surface area (Å²) in [6.45, 7) is 14.7. The Labute approximate surface area is 117 Å². The smallest absolute Gasteiger partial charge is 0.133 e. The van der Waals surface area contributed by atoms with E-state index in [0.29, 0.717) is 5.92 Å². The number of aryl methyl sites for hydroxylation is 1. The summed E-state index contributed by atoms with van der Waals surface area (Å²) in [5.74, 6) is 2.29. The molecule has 0 atom stereocenters. The first-order valence-corrected chi connectivity index (χ1v) is 7.01. The van der Waals surface area contributed by atoms with Gasteiger partial charge in [0, 0.05) is 43.4 Å². The minimum atomic E-state index is 0.158. The van der Waals surface area contributed by atoms with Crippen molar-refractivity contribution in [3.05, 3.63) is 17.6 Å². The molecule has 1 rings (SSSR count). The van der Waals surface area contributed by atoms with Crippen LogP contribution in [-0.4, -0.2) is 35.6 Å². The highest BCUT2D eigenvalue weighted by Gasteiger charge is 2.11. The van der Waals surface area contributed by atoms with Crippen LogP contribution in [-0.2, 0) is 0 Å². The van der Waals surface area contributed by atoms with Crippen LogP contribution < -0.4 is 10.2 Å². The van der Waals surface area contributed by atoms with Crippen LogP contribution in [0.5, 0.6) is 0 Å². The van der Waals surface area contributed by atoms with E-state index in [1.165, 1.54) is 0 Å². The van der Waals surface area contributed by atoms with Gasteiger partial charge in [-0.2, -0.15) is 0 Å². The first kappa shape index (κ1) is 15.9. The van der Waals surface area contributed by atoms with Crippen molar-refractivity contribution in [1.82, 2.24) is 15.3 Å². The zero-order valence-electron chi connectivity index (χ0n) is 13.4. The minimum absolute atomic E-state index is 0.158. The quantitative estimate of drug-likeness (QED) is 0.888. The van der Waals surface area contributed by atoms with Crippen molar-refractivity contribution in [1.29, 1.82) is 0 Å². The summed E-state index contributed by atoms with van der Waals surface area (Å²) < 4.78 is 0. The zero-order valence-corrected chi connectivity index (χ0v) is 13.4. The summed E-state index contributed by atoms with van der Waals surface area (Å²) in [6.07, 6.45) is 0. The Morgan fingerprint density at radius 3 is 2.42 bits per heavy atom. The predicted octanol–water partition coefficient (Wildman–Crippen LogP) is 2.73. The molecule has 1 heterocycles. The molecule has 1 aromatic heterocycles. The van der Waals surface area contributed by atoms with Gasteiger partial charge in [0.1, 0.15) is 11.6 Å². The molecule has 0 fully saturated rings. The summed E-state index contributed by atoms with van der Waals surface area (Å²) in [6, 6.07) is 2.04. The fraction of sp³-hybridized carbons (Fsp3) is 0.733. The molecule has 0 aromatic carbocycles. The van der Waals surface area contributed by atoms with E-state index in [-0.39, 0.29) is 5.54 Å². The lowest BCUT2D eigenvalue weighted by Crippen LogP contribution is -2.40. The van der Waals surface area contributed by atoms with E-state index in [2.05, 4.69) is 61.9 Å². The Bertz CT molecular complexity index is 407. The van der Waals surface area contributed by atoms with E-state index < -0.39 is 0 Å². The molecule has 0 aliphatic carbocycles. The molecule has 1 N–H and O–H groups in total. The van der Waals surface area contributed by atoms with Crippen molar-refractivity contribution in [3.8, 4) is 0 Å². The van der Waals surface area contributed by atoms with Crippen LogP contribution in [0.2, 0.25) is 0 Å². The number of hydrogen-bond donors (Lipinski definition) is 1. The van der Waals surface area contributed by atoms with Crippen LogP contribution in [0.4, 0.5) is 5.82 Å². The van der Waals surface area contributed by atoms with Crippen molar-refractivity contribution < 1.29 is 0 Å². The number of hydrogen-bond acceptors (Lipinski definition) is 4. The maximum Gasteiger partial charge on any atom is 0.133 e. The lowest BCUT2D eigenvalue weighted by molar-refractivity contribution is 0.430. The Morgan fingerprint density at radius 1 is 1.26 bits per heavy atom. The molecule has 0 unspecified atom stereocenters. The largest absolute Gasteiger partial charge is 0.358 e. The number of anilines is 1. The molecule has 0 amide bonds. The second kappa shape index (κ2) is 6.33. The van der Waals surface area contributed by atoms with E-state index >= 15 is 0 Å². The molecule has 0 spiro atoms. The second-order valence-corrected chi connectivity index (χ2v) is 6.48. The highest BCUT2D eigenvalue weighted by atomic mass is 15.2. The molecular weight excluding hydrogens is 236 g/mol. The fourth-order valence-electron chi connectivity index (χ4n) is 1.74. The molecule has 0 aliphatic heterocycles. The van der Waals surface area contributed by atoms with Gasteiger partial charge in [0.05, 0.1) is 0 Å². The third kappa shape index (κ3) is 5.55. The van der Waals surface area contributed by atoms with Crippen LogP contribution in [0.3, 0.4) is 0 Å². The Balaban J connectivity index is 2.68. The molecule has 0 saturated carbocycles. The lowest BCUT2D eigenvalue weighted by atomic mass is 10.1. The summed E-state index contributed by atoms with van der Waals surface area (Å²) >= 11 is 0. The van der Waals surface area contributed by atoms with Gasteiger partial charge in [-0.05, 0) is 27.7 Å². The molecular formula is C15H28N4. The van der Waals surface area contributed by atoms with Crippen LogP contribution in [0.1, 0.15) is 52.1 Å². The number of aromatic nitrogens is 2. The van der Waals surface area contributed by atoms with Crippen LogP contribution in [0, 0.1) is 6.92 Å². The lowest BCUT2D eigenvalue weighted by Gasteiger charge is -2.24. The van der Waals surface area contributed by atoms with Gasteiger partial charge in [0.2, 0.25) is 0 Å². The SMILES string of the molecule is Cc1cc(N(C)CCNC(C)(C)C)nc(C(C)C)n1. The summed E-state index contributed by atoms with van der Waals surface area (Å²) in [5.41, 5.74) is 1.19. The van der Waals surface area contributed by atoms with Crippen molar-refractivity contribution in [2.45, 2.75) is 53.0 Å².